The second-order valence-corrected chi connectivity index (χ2v) is 10.2. The van der Waals surface area contributed by atoms with Gasteiger partial charge in [0.25, 0.3) is 10.0 Å². The lowest BCUT2D eigenvalue weighted by Gasteiger charge is -2.35. The molecule has 0 aromatic heterocycles. The van der Waals surface area contributed by atoms with Crippen molar-refractivity contribution in [3.05, 3.63) is 71.3 Å². The van der Waals surface area contributed by atoms with E-state index in [1.807, 2.05) is 0 Å². The van der Waals surface area contributed by atoms with Gasteiger partial charge in [-0.25, -0.2) is 17.2 Å². The van der Waals surface area contributed by atoms with E-state index in [0.29, 0.717) is 6.07 Å². The minimum absolute atomic E-state index is 0.0232. The molecule has 1 aliphatic heterocycles. The molecule has 0 radical (unpaired) electrons. The van der Waals surface area contributed by atoms with E-state index in [1.54, 1.807) is 0 Å². The summed E-state index contributed by atoms with van der Waals surface area (Å²) < 4.78 is 91.7. The summed E-state index contributed by atoms with van der Waals surface area (Å²) in [4.78, 5) is 10.7. The van der Waals surface area contributed by atoms with Crippen LogP contribution in [0.2, 0.25) is 5.02 Å². The maximum atomic E-state index is 14.1. The van der Waals surface area contributed by atoms with Crippen LogP contribution in [0, 0.1) is 11.6 Å². The van der Waals surface area contributed by atoms with E-state index in [0.717, 1.165) is 22.5 Å². The Morgan fingerprint density at radius 1 is 1.16 bits per heavy atom. The van der Waals surface area contributed by atoms with Crippen molar-refractivity contribution in [1.82, 2.24) is 0 Å². The highest BCUT2D eigenvalue weighted by Crippen LogP contribution is 2.42. The molecular weight excluding hydrogens is 542 g/mol. The summed E-state index contributed by atoms with van der Waals surface area (Å²) in [6.45, 7) is -3.50. The predicted octanol–water partition coefficient (Wildman–Crippen LogP) is 5.71. The lowest BCUT2D eigenvalue weighted by molar-refractivity contribution is -0.137. The van der Waals surface area contributed by atoms with Gasteiger partial charge in [0.2, 0.25) is 0 Å². The van der Waals surface area contributed by atoms with Crippen molar-refractivity contribution in [2.75, 3.05) is 10.8 Å². The molecular formula is C24H18ClF4NO6S. The quantitative estimate of drug-likeness (QED) is 0.281. The molecule has 1 N–H and O–H groups in total. The molecule has 1 atom stereocenters. The van der Waals surface area contributed by atoms with Crippen LogP contribution >= 0.6 is 11.6 Å². The zero-order valence-electron chi connectivity index (χ0n) is 18.7. The average Bonchev–Trinajstić information content (AvgIpc) is 2.83. The minimum Gasteiger partial charge on any atom is -0.486 e. The van der Waals surface area contributed by atoms with Crippen molar-refractivity contribution >= 4 is 33.3 Å². The molecule has 1 heterocycles. The summed E-state index contributed by atoms with van der Waals surface area (Å²) in [6, 6.07) is 10.2. The van der Waals surface area contributed by atoms with Gasteiger partial charge in [-0.2, -0.15) is 8.78 Å². The molecule has 0 bridgehead atoms. The van der Waals surface area contributed by atoms with Gasteiger partial charge in [0.05, 0.1) is 22.2 Å². The van der Waals surface area contributed by atoms with Gasteiger partial charge < -0.3 is 14.6 Å². The molecule has 0 amide bonds. The molecule has 37 heavy (non-hydrogen) atoms. The Labute approximate surface area is 213 Å². The normalized spacial score (nSPS) is 15.3. The number of rotatable bonds is 8. The van der Waals surface area contributed by atoms with Crippen LogP contribution in [-0.4, -0.2) is 38.8 Å². The van der Waals surface area contributed by atoms with Crippen molar-refractivity contribution in [2.45, 2.75) is 30.5 Å². The predicted molar refractivity (Wildman–Crippen MR) is 126 cm³/mol. The third-order valence-corrected chi connectivity index (χ3v) is 7.65. The summed E-state index contributed by atoms with van der Waals surface area (Å²) in [5.41, 5.74) is 0.106. The van der Waals surface area contributed by atoms with Crippen LogP contribution < -0.4 is 13.8 Å². The van der Waals surface area contributed by atoms with Crippen LogP contribution in [0.1, 0.15) is 12.8 Å². The maximum Gasteiger partial charge on any atom is 0.387 e. The Balaban J connectivity index is 1.82. The summed E-state index contributed by atoms with van der Waals surface area (Å²) >= 11 is 6.02. The molecule has 3 aromatic carbocycles. The van der Waals surface area contributed by atoms with Gasteiger partial charge in [0.15, 0.2) is 0 Å². The lowest BCUT2D eigenvalue weighted by atomic mass is 10.0. The second-order valence-electron chi connectivity index (χ2n) is 7.99. The number of carboxylic acids is 1. The van der Waals surface area contributed by atoms with Crippen LogP contribution in [-0.2, 0) is 14.8 Å². The maximum absolute atomic E-state index is 14.1. The van der Waals surface area contributed by atoms with Crippen molar-refractivity contribution < 1.29 is 45.4 Å². The summed E-state index contributed by atoms with van der Waals surface area (Å²) in [5.74, 6) is -3.36. The van der Waals surface area contributed by atoms with Crippen LogP contribution in [0.4, 0.5) is 23.2 Å². The van der Waals surface area contributed by atoms with E-state index in [1.165, 1.54) is 30.3 Å². The van der Waals surface area contributed by atoms with Gasteiger partial charge >= 0.3 is 12.6 Å². The van der Waals surface area contributed by atoms with E-state index < -0.39 is 40.3 Å². The molecule has 0 saturated heterocycles. The first kappa shape index (κ1) is 26.6. The average molecular weight is 560 g/mol. The number of fused-ring (bicyclic) bond motifs is 1. The number of halogens is 5. The third-order valence-electron chi connectivity index (χ3n) is 5.49. The summed E-state index contributed by atoms with van der Waals surface area (Å²) in [7, 11) is -4.43. The lowest BCUT2D eigenvalue weighted by Crippen LogP contribution is -2.43. The molecule has 1 aliphatic rings. The Morgan fingerprint density at radius 3 is 2.62 bits per heavy atom. The fraction of sp³-hybridized carbons (Fsp3) is 0.208. The van der Waals surface area contributed by atoms with Crippen molar-refractivity contribution in [3.63, 3.8) is 0 Å². The highest BCUT2D eigenvalue weighted by Gasteiger charge is 2.35. The Kier molecular flexibility index (Phi) is 7.51. The van der Waals surface area contributed by atoms with Crippen LogP contribution in [0.25, 0.3) is 11.1 Å². The minimum atomic E-state index is -4.43. The van der Waals surface area contributed by atoms with Gasteiger partial charge in [-0.1, -0.05) is 23.7 Å². The Morgan fingerprint density at radius 2 is 1.92 bits per heavy atom. The molecule has 196 valence electrons. The van der Waals surface area contributed by atoms with Crippen molar-refractivity contribution in [3.8, 4) is 22.6 Å². The van der Waals surface area contributed by atoms with E-state index >= 15 is 0 Å². The molecule has 0 saturated carbocycles. The first-order chi connectivity index (χ1) is 17.5. The number of sulfonamides is 1. The number of anilines is 1. The number of alkyl halides is 2. The number of carbonyl (C=O) groups is 1. The zero-order chi connectivity index (χ0) is 26.9. The molecule has 0 fully saturated rings. The Hall–Kier alpha value is -3.51. The number of hydrogen-bond donors (Lipinski definition) is 1. The fourth-order valence-corrected chi connectivity index (χ4v) is 5.60. The molecule has 3 aromatic rings. The number of benzene rings is 3. The first-order valence-electron chi connectivity index (χ1n) is 10.7. The van der Waals surface area contributed by atoms with E-state index in [4.69, 9.17) is 21.4 Å². The molecule has 0 aliphatic carbocycles. The van der Waals surface area contributed by atoms with Gasteiger partial charge in [-0.15, -0.1) is 0 Å². The van der Waals surface area contributed by atoms with Gasteiger partial charge in [-0.3, -0.25) is 9.10 Å². The van der Waals surface area contributed by atoms with Crippen molar-refractivity contribution in [2.24, 2.45) is 0 Å². The van der Waals surface area contributed by atoms with E-state index in [-0.39, 0.29) is 57.6 Å². The number of carboxylic acid groups (broad SMARTS) is 1. The largest absolute Gasteiger partial charge is 0.486 e. The molecule has 4 rings (SSSR count). The first-order valence-corrected chi connectivity index (χ1v) is 12.5. The smallest absolute Gasteiger partial charge is 0.387 e. The zero-order valence-corrected chi connectivity index (χ0v) is 20.3. The van der Waals surface area contributed by atoms with Gasteiger partial charge in [0.1, 0.15) is 29.2 Å². The summed E-state index contributed by atoms with van der Waals surface area (Å²) in [6.07, 6.45) is -1.19. The Bertz CT molecular complexity index is 1450. The number of nitrogens with zero attached hydrogens (tertiary/aromatic N) is 1. The summed E-state index contributed by atoms with van der Waals surface area (Å²) in [5, 5.41) is 8.66. The van der Waals surface area contributed by atoms with Gasteiger partial charge in [0, 0.05) is 24.1 Å². The van der Waals surface area contributed by atoms with E-state index in [9.17, 15) is 30.8 Å². The van der Waals surface area contributed by atoms with Gasteiger partial charge in [-0.05, 0) is 42.3 Å². The monoisotopic (exact) mass is 559 g/mol. The van der Waals surface area contributed by atoms with Crippen LogP contribution in [0.5, 0.6) is 11.5 Å². The second kappa shape index (κ2) is 10.5. The van der Waals surface area contributed by atoms with Crippen LogP contribution in [0.15, 0.2) is 59.5 Å². The standard InChI is InChI=1S/C24H18ClF4NO6S/c25-23-18(9-14(26)10-19(23)27)13-4-6-21-20(8-13)30(12-16(35-21)5-7-22(31)32)37(33,34)17-3-1-2-15(11-17)36-24(28)29/h1-4,6,8-11,16,24H,5,7,12H2,(H,31,32). The van der Waals surface area contributed by atoms with E-state index in [2.05, 4.69) is 4.74 Å². The third kappa shape index (κ3) is 5.75. The highest BCUT2D eigenvalue weighted by molar-refractivity contribution is 7.92. The molecule has 1 unspecified atom stereocenters. The van der Waals surface area contributed by atoms with Crippen molar-refractivity contribution in [1.29, 1.82) is 0 Å². The number of ether oxygens (including phenoxy) is 2. The highest BCUT2D eigenvalue weighted by atomic mass is 35.5. The number of aliphatic carboxylic acids is 1. The topological polar surface area (TPSA) is 93.1 Å². The number of hydrogen-bond acceptors (Lipinski definition) is 5. The molecule has 7 nitrogen and oxygen atoms in total. The van der Waals surface area contributed by atoms with Crippen LogP contribution in [0.3, 0.4) is 0 Å². The fourth-order valence-electron chi connectivity index (χ4n) is 3.85. The molecule has 13 heteroatoms. The molecule has 0 spiro atoms. The SMILES string of the molecule is O=C(O)CCC1CN(S(=O)(=O)c2cccc(OC(F)F)c2)c2cc(-c3cc(F)cc(F)c3Cl)ccc2O1.